The molecular weight excluding hydrogens is 142 g/mol. The van der Waals surface area contributed by atoms with E-state index in [2.05, 4.69) is 18.5 Å². The van der Waals surface area contributed by atoms with E-state index in [0.29, 0.717) is 11.4 Å². The summed E-state index contributed by atoms with van der Waals surface area (Å²) in [4.78, 5) is 1.59. The van der Waals surface area contributed by atoms with Crippen LogP contribution in [0.5, 0.6) is 0 Å². The van der Waals surface area contributed by atoms with E-state index in [0.717, 1.165) is 0 Å². The molecule has 62 valence electrons. The smallest absolute Gasteiger partial charge is 0.375 e. The molecule has 1 N–H and O–H groups in total. The van der Waals surface area contributed by atoms with E-state index >= 15 is 0 Å². The van der Waals surface area contributed by atoms with Crippen LogP contribution in [0.4, 0.5) is 4.32 Å². The highest BCUT2D eigenvalue weighted by molar-refractivity contribution is 6.57. The van der Waals surface area contributed by atoms with Crippen molar-refractivity contribution >= 4 is 6.99 Å². The molecule has 0 bridgehead atoms. The van der Waals surface area contributed by atoms with Crippen LogP contribution in [-0.4, -0.2) is 26.0 Å². The summed E-state index contributed by atoms with van der Waals surface area (Å²) in [5.74, 6) is 0.638. The highest BCUT2D eigenvalue weighted by atomic mass is 19.1. The molecule has 0 saturated heterocycles. The van der Waals surface area contributed by atoms with Crippen molar-refractivity contribution in [2.75, 3.05) is 14.1 Å². The lowest BCUT2D eigenvalue weighted by atomic mass is 9.71. The van der Waals surface area contributed by atoms with E-state index in [1.165, 1.54) is 6.82 Å². The van der Waals surface area contributed by atoms with Gasteiger partial charge in [-0.2, -0.15) is 0 Å². The zero-order valence-corrected chi connectivity index (χ0v) is 7.32. The van der Waals surface area contributed by atoms with Crippen molar-refractivity contribution in [2.45, 2.75) is 6.82 Å². The summed E-state index contributed by atoms with van der Waals surface area (Å²) in [7, 11) is 3.45. The SMILES string of the molecule is C=C(NC)N(C)C(=C)B(C)F. The van der Waals surface area contributed by atoms with Crippen LogP contribution in [-0.2, 0) is 0 Å². The molecule has 0 aliphatic heterocycles. The molecule has 0 rings (SSSR count). The lowest BCUT2D eigenvalue weighted by Crippen LogP contribution is -2.29. The molecule has 0 aliphatic carbocycles. The molecule has 11 heavy (non-hydrogen) atoms. The molecule has 0 amide bonds. The maximum absolute atomic E-state index is 12.6. The molecule has 0 aromatic rings. The second kappa shape index (κ2) is 4.06. The van der Waals surface area contributed by atoms with Gasteiger partial charge in [-0.15, -0.1) is 0 Å². The highest BCUT2D eigenvalue weighted by Crippen LogP contribution is 2.07. The van der Waals surface area contributed by atoms with E-state index < -0.39 is 6.99 Å². The molecule has 0 saturated carbocycles. The van der Waals surface area contributed by atoms with Crippen molar-refractivity contribution in [2.24, 2.45) is 0 Å². The maximum Gasteiger partial charge on any atom is 0.393 e. The Morgan fingerprint density at radius 1 is 1.55 bits per heavy atom. The van der Waals surface area contributed by atoms with Crippen LogP contribution >= 0.6 is 0 Å². The Hall–Kier alpha value is -0.925. The summed E-state index contributed by atoms with van der Waals surface area (Å²) >= 11 is 0. The zero-order chi connectivity index (χ0) is 9.02. The van der Waals surface area contributed by atoms with Gasteiger partial charge < -0.3 is 14.5 Å². The van der Waals surface area contributed by atoms with E-state index in [9.17, 15) is 4.32 Å². The van der Waals surface area contributed by atoms with Crippen LogP contribution in [0, 0.1) is 0 Å². The minimum Gasteiger partial charge on any atom is -0.375 e. The third-order valence-electron chi connectivity index (χ3n) is 1.58. The molecule has 0 radical (unpaired) electrons. The second-order valence-corrected chi connectivity index (χ2v) is 2.36. The molecule has 0 spiro atoms. The van der Waals surface area contributed by atoms with Gasteiger partial charge in [-0.1, -0.05) is 13.2 Å². The fraction of sp³-hybridized carbons (Fsp3) is 0.429. The van der Waals surface area contributed by atoms with E-state index in [4.69, 9.17) is 0 Å². The van der Waals surface area contributed by atoms with Crippen LogP contribution in [0.25, 0.3) is 0 Å². The molecule has 0 aliphatic rings. The van der Waals surface area contributed by atoms with Gasteiger partial charge in [0, 0.05) is 19.7 Å². The Balaban J connectivity index is 4.13. The highest BCUT2D eigenvalue weighted by Gasteiger charge is 2.15. The molecule has 4 heteroatoms. The largest absolute Gasteiger partial charge is 0.393 e. The second-order valence-electron chi connectivity index (χ2n) is 2.36. The van der Waals surface area contributed by atoms with Crippen LogP contribution in [0.1, 0.15) is 0 Å². The molecule has 0 unspecified atom stereocenters. The van der Waals surface area contributed by atoms with Crippen molar-refractivity contribution in [3.63, 3.8) is 0 Å². The number of rotatable bonds is 4. The third kappa shape index (κ3) is 2.66. The molecule has 0 heterocycles. The van der Waals surface area contributed by atoms with Gasteiger partial charge in [0.15, 0.2) is 0 Å². The molecule has 0 fully saturated rings. The van der Waals surface area contributed by atoms with Gasteiger partial charge in [-0.3, -0.25) is 0 Å². The standard InChI is InChI=1S/C7H14BFN2/c1-6(8(3)9)11(5)7(2)10-4/h10H,1-2H2,3-5H3. The lowest BCUT2D eigenvalue weighted by Gasteiger charge is -2.23. The van der Waals surface area contributed by atoms with Crippen molar-refractivity contribution in [1.82, 2.24) is 10.2 Å². The van der Waals surface area contributed by atoms with Gasteiger partial charge >= 0.3 is 6.99 Å². The molecular formula is C7H14BFN2. The Kier molecular flexibility index (Phi) is 3.72. The topological polar surface area (TPSA) is 15.3 Å². The van der Waals surface area contributed by atoms with E-state index in [1.54, 1.807) is 19.0 Å². The quantitative estimate of drug-likeness (QED) is 0.616. The first-order valence-corrected chi connectivity index (χ1v) is 3.44. The number of nitrogens with one attached hydrogen (secondary N) is 1. The number of hydrogen-bond acceptors (Lipinski definition) is 2. The number of halogens is 1. The molecule has 0 aromatic heterocycles. The first-order valence-electron chi connectivity index (χ1n) is 3.44. The average molecular weight is 156 g/mol. The van der Waals surface area contributed by atoms with Gasteiger partial charge in [0.2, 0.25) is 0 Å². The monoisotopic (exact) mass is 156 g/mol. The average Bonchev–Trinajstić information content (AvgIpc) is 2.00. The van der Waals surface area contributed by atoms with Crippen molar-refractivity contribution < 1.29 is 4.32 Å². The summed E-state index contributed by atoms with van der Waals surface area (Å²) in [5, 5.41) is 2.80. The normalized spacial score (nSPS) is 8.73. The van der Waals surface area contributed by atoms with E-state index in [1.807, 2.05) is 0 Å². The molecule has 2 nitrogen and oxygen atoms in total. The predicted molar refractivity (Wildman–Crippen MR) is 47.8 cm³/mol. The van der Waals surface area contributed by atoms with E-state index in [-0.39, 0.29) is 0 Å². The fourth-order valence-electron chi connectivity index (χ4n) is 0.608. The van der Waals surface area contributed by atoms with Crippen LogP contribution < -0.4 is 5.32 Å². The van der Waals surface area contributed by atoms with Crippen molar-refractivity contribution in [3.05, 3.63) is 24.6 Å². The Morgan fingerprint density at radius 2 is 2.00 bits per heavy atom. The summed E-state index contributed by atoms with van der Waals surface area (Å²) < 4.78 is 12.6. The minimum atomic E-state index is -1.04. The Bertz CT molecular complexity index is 168. The predicted octanol–water partition coefficient (Wildman–Crippen LogP) is 1.25. The van der Waals surface area contributed by atoms with Gasteiger partial charge in [-0.25, -0.2) is 0 Å². The Labute approximate surface area is 67.9 Å². The summed E-state index contributed by atoms with van der Waals surface area (Å²) in [5.41, 5.74) is 0.407. The van der Waals surface area contributed by atoms with Crippen molar-refractivity contribution in [3.8, 4) is 0 Å². The molecule has 0 aromatic carbocycles. The number of nitrogens with zero attached hydrogens (tertiary/aromatic N) is 1. The van der Waals surface area contributed by atoms with Gasteiger partial charge in [0.05, 0.1) is 5.82 Å². The maximum atomic E-state index is 12.6. The first-order chi connectivity index (χ1) is 5.00. The number of hydrogen-bond donors (Lipinski definition) is 1. The summed E-state index contributed by atoms with van der Waals surface area (Å²) in [6.45, 7) is 7.65. The summed E-state index contributed by atoms with van der Waals surface area (Å²) in [6, 6.07) is 0. The van der Waals surface area contributed by atoms with Gasteiger partial charge in [0.25, 0.3) is 0 Å². The van der Waals surface area contributed by atoms with Crippen molar-refractivity contribution in [1.29, 1.82) is 0 Å². The van der Waals surface area contributed by atoms with Gasteiger partial charge in [0.1, 0.15) is 0 Å². The first kappa shape index (κ1) is 10.1. The molecule has 0 atom stereocenters. The van der Waals surface area contributed by atoms with Crippen LogP contribution in [0.3, 0.4) is 0 Å². The van der Waals surface area contributed by atoms with Gasteiger partial charge in [-0.05, 0) is 6.82 Å². The third-order valence-corrected chi connectivity index (χ3v) is 1.58. The summed E-state index contributed by atoms with van der Waals surface area (Å²) in [6.07, 6.45) is 0. The zero-order valence-electron chi connectivity index (χ0n) is 7.32. The fourth-order valence-corrected chi connectivity index (χ4v) is 0.608. The minimum absolute atomic E-state index is 0.407. The van der Waals surface area contributed by atoms with Crippen LogP contribution in [0.15, 0.2) is 24.6 Å². The van der Waals surface area contributed by atoms with Crippen LogP contribution in [0.2, 0.25) is 6.82 Å². The Morgan fingerprint density at radius 3 is 2.27 bits per heavy atom. The lowest BCUT2D eigenvalue weighted by molar-refractivity contribution is 0.505.